The zero-order valence-corrected chi connectivity index (χ0v) is 13.9. The number of aromatic nitrogens is 1. The van der Waals surface area contributed by atoms with E-state index in [2.05, 4.69) is 0 Å². The van der Waals surface area contributed by atoms with Crippen LogP contribution in [0, 0.1) is 0 Å². The lowest BCUT2D eigenvalue weighted by atomic mass is 10.2. The average Bonchev–Trinajstić information content (AvgIpc) is 3.10. The maximum Gasteiger partial charge on any atom is 0.419 e. The van der Waals surface area contributed by atoms with Crippen LogP contribution in [0.1, 0.15) is 38.5 Å². The largest absolute Gasteiger partial charge is 0.419 e. The van der Waals surface area contributed by atoms with E-state index in [1.165, 1.54) is 10.6 Å². The minimum Gasteiger partial charge on any atom is -0.408 e. The van der Waals surface area contributed by atoms with Gasteiger partial charge in [0.05, 0.1) is 10.4 Å². The van der Waals surface area contributed by atoms with E-state index in [1.54, 1.807) is 23.5 Å². The van der Waals surface area contributed by atoms with E-state index in [0.717, 1.165) is 38.5 Å². The van der Waals surface area contributed by atoms with Crippen molar-refractivity contribution in [2.24, 2.45) is 7.05 Å². The molecule has 0 N–H and O–H groups in total. The Bertz CT molecular complexity index is 902. The Kier molecular flexibility index (Phi) is 3.39. The zero-order valence-electron chi connectivity index (χ0n) is 13.1. The Morgan fingerprint density at radius 1 is 1.13 bits per heavy atom. The summed E-state index contributed by atoms with van der Waals surface area (Å²) in [5.74, 6) is -0.482. The van der Waals surface area contributed by atoms with Crippen LogP contribution in [0.25, 0.3) is 11.1 Å². The van der Waals surface area contributed by atoms with Gasteiger partial charge in [0.15, 0.2) is 5.58 Å². The molecule has 0 unspecified atom stereocenters. The van der Waals surface area contributed by atoms with E-state index in [4.69, 9.17) is 4.42 Å². The topological polar surface area (TPSA) is 72.5 Å². The van der Waals surface area contributed by atoms with Gasteiger partial charge in [-0.2, -0.15) is 4.31 Å². The van der Waals surface area contributed by atoms with Crippen LogP contribution in [-0.2, 0) is 17.1 Å². The van der Waals surface area contributed by atoms with Crippen LogP contribution < -0.4 is 5.76 Å². The minimum absolute atomic E-state index is 0.117. The summed E-state index contributed by atoms with van der Waals surface area (Å²) >= 11 is 0. The van der Waals surface area contributed by atoms with Gasteiger partial charge >= 0.3 is 5.76 Å². The van der Waals surface area contributed by atoms with Crippen LogP contribution in [-0.4, -0.2) is 29.4 Å². The summed E-state index contributed by atoms with van der Waals surface area (Å²) in [6, 6.07) is 4.97. The minimum atomic E-state index is -3.55. The molecule has 0 aliphatic heterocycles. The first kappa shape index (κ1) is 15.0. The van der Waals surface area contributed by atoms with Gasteiger partial charge in [0.25, 0.3) is 0 Å². The zero-order chi connectivity index (χ0) is 16.2. The molecule has 2 aliphatic rings. The van der Waals surface area contributed by atoms with E-state index in [0.29, 0.717) is 11.1 Å². The first-order valence-electron chi connectivity index (χ1n) is 8.11. The van der Waals surface area contributed by atoms with Gasteiger partial charge in [-0.15, -0.1) is 0 Å². The van der Waals surface area contributed by atoms with Gasteiger partial charge in [0, 0.05) is 25.2 Å². The number of benzene rings is 1. The molecule has 0 atom stereocenters. The molecular formula is C16H20N2O4S. The third kappa shape index (κ3) is 2.42. The molecule has 1 aromatic carbocycles. The molecule has 7 heteroatoms. The molecule has 1 heterocycles. The number of sulfonamides is 1. The summed E-state index contributed by atoms with van der Waals surface area (Å²) in [4.78, 5) is 11.8. The smallest absolute Gasteiger partial charge is 0.408 e. The summed E-state index contributed by atoms with van der Waals surface area (Å²) in [5.41, 5.74) is 0.925. The average molecular weight is 336 g/mol. The fraction of sp³-hybridized carbons (Fsp3) is 0.562. The SMILES string of the molecule is Cn1c(=O)oc2cc(S(=O)(=O)N(C3CCCC3)C3CC3)ccc21. The number of rotatable bonds is 4. The van der Waals surface area contributed by atoms with Crippen LogP contribution in [0.2, 0.25) is 0 Å². The quantitative estimate of drug-likeness (QED) is 0.858. The second-order valence-corrected chi connectivity index (χ2v) is 8.40. The molecule has 6 nitrogen and oxygen atoms in total. The Morgan fingerprint density at radius 2 is 1.78 bits per heavy atom. The highest BCUT2D eigenvalue weighted by atomic mass is 32.2. The van der Waals surface area contributed by atoms with E-state index >= 15 is 0 Å². The standard InChI is InChI=1S/C16H20N2O4S/c1-17-14-9-8-13(10-15(14)22-16(17)19)23(20,21)18(12-6-7-12)11-4-2-3-5-11/h8-12H,2-7H2,1H3. The molecule has 2 aliphatic carbocycles. The monoisotopic (exact) mass is 336 g/mol. The van der Waals surface area contributed by atoms with Crippen molar-refractivity contribution in [3.63, 3.8) is 0 Å². The Morgan fingerprint density at radius 3 is 2.43 bits per heavy atom. The number of hydrogen-bond acceptors (Lipinski definition) is 4. The van der Waals surface area contributed by atoms with E-state index in [9.17, 15) is 13.2 Å². The van der Waals surface area contributed by atoms with Gasteiger partial charge in [-0.25, -0.2) is 13.2 Å². The molecular weight excluding hydrogens is 316 g/mol. The third-order valence-electron chi connectivity index (χ3n) is 4.93. The van der Waals surface area contributed by atoms with Gasteiger partial charge in [-0.3, -0.25) is 4.57 Å². The molecule has 0 bridgehead atoms. The molecule has 0 spiro atoms. The molecule has 0 amide bonds. The highest BCUT2D eigenvalue weighted by Gasteiger charge is 2.43. The Hall–Kier alpha value is -1.60. The summed E-state index contributed by atoms with van der Waals surface area (Å²) in [7, 11) is -1.95. The lowest BCUT2D eigenvalue weighted by Gasteiger charge is -2.28. The fourth-order valence-corrected chi connectivity index (χ4v) is 5.52. The van der Waals surface area contributed by atoms with Crippen LogP contribution in [0.15, 0.2) is 32.3 Å². The van der Waals surface area contributed by atoms with Gasteiger partial charge in [0.2, 0.25) is 10.0 Å². The summed E-state index contributed by atoms with van der Waals surface area (Å²) in [6.07, 6.45) is 5.96. The van der Waals surface area contributed by atoms with Gasteiger partial charge in [0.1, 0.15) is 0 Å². The molecule has 2 saturated carbocycles. The number of nitrogens with zero attached hydrogens (tertiary/aromatic N) is 2. The van der Waals surface area contributed by atoms with Crippen molar-refractivity contribution in [3.8, 4) is 0 Å². The molecule has 0 saturated heterocycles. The molecule has 23 heavy (non-hydrogen) atoms. The molecule has 0 radical (unpaired) electrons. The highest BCUT2D eigenvalue weighted by molar-refractivity contribution is 7.89. The fourth-order valence-electron chi connectivity index (χ4n) is 3.57. The second kappa shape index (κ2) is 5.21. The molecule has 4 rings (SSSR count). The van der Waals surface area contributed by atoms with Crippen molar-refractivity contribution < 1.29 is 12.8 Å². The number of hydrogen-bond donors (Lipinski definition) is 0. The van der Waals surface area contributed by atoms with Crippen LogP contribution in [0.4, 0.5) is 0 Å². The first-order valence-corrected chi connectivity index (χ1v) is 9.55. The van der Waals surface area contributed by atoms with Gasteiger partial charge in [-0.05, 0) is 37.8 Å². The van der Waals surface area contributed by atoms with Crippen molar-refractivity contribution in [1.82, 2.24) is 8.87 Å². The van der Waals surface area contributed by atoms with Crippen molar-refractivity contribution >= 4 is 21.1 Å². The lowest BCUT2D eigenvalue weighted by Crippen LogP contribution is -2.40. The van der Waals surface area contributed by atoms with Crippen LogP contribution in [0.3, 0.4) is 0 Å². The molecule has 1 aromatic heterocycles. The molecule has 2 aromatic rings. The highest BCUT2D eigenvalue weighted by Crippen LogP contribution is 2.39. The van der Waals surface area contributed by atoms with Crippen molar-refractivity contribution in [2.75, 3.05) is 0 Å². The predicted molar refractivity (Wildman–Crippen MR) is 85.8 cm³/mol. The number of fused-ring (bicyclic) bond motifs is 1. The van der Waals surface area contributed by atoms with Gasteiger partial charge < -0.3 is 4.42 Å². The summed E-state index contributed by atoms with van der Waals surface area (Å²) in [5, 5.41) is 0. The van der Waals surface area contributed by atoms with E-state index in [1.807, 2.05) is 0 Å². The lowest BCUT2D eigenvalue weighted by molar-refractivity contribution is 0.314. The van der Waals surface area contributed by atoms with Crippen LogP contribution >= 0.6 is 0 Å². The summed E-state index contributed by atoms with van der Waals surface area (Å²) < 4.78 is 34.5. The van der Waals surface area contributed by atoms with Crippen molar-refractivity contribution in [2.45, 2.75) is 55.5 Å². The Balaban J connectivity index is 1.78. The normalized spacial score (nSPS) is 19.9. The summed E-state index contributed by atoms with van der Waals surface area (Å²) in [6.45, 7) is 0. The van der Waals surface area contributed by atoms with Crippen LogP contribution in [0.5, 0.6) is 0 Å². The van der Waals surface area contributed by atoms with Crippen molar-refractivity contribution in [3.05, 3.63) is 28.7 Å². The van der Waals surface area contributed by atoms with Gasteiger partial charge in [-0.1, -0.05) is 12.8 Å². The first-order chi connectivity index (χ1) is 11.0. The number of aryl methyl sites for hydroxylation is 1. The predicted octanol–water partition coefficient (Wildman–Crippen LogP) is 2.23. The maximum absolute atomic E-state index is 13.1. The van der Waals surface area contributed by atoms with E-state index in [-0.39, 0.29) is 17.0 Å². The molecule has 124 valence electrons. The van der Waals surface area contributed by atoms with E-state index < -0.39 is 15.8 Å². The maximum atomic E-state index is 13.1. The number of oxazole rings is 1. The third-order valence-corrected chi connectivity index (χ3v) is 6.93. The molecule has 2 fully saturated rings. The van der Waals surface area contributed by atoms with Crippen molar-refractivity contribution in [1.29, 1.82) is 0 Å². The Labute approximate surface area is 134 Å². The second-order valence-electron chi connectivity index (χ2n) is 6.56.